The Morgan fingerprint density at radius 2 is 2.00 bits per heavy atom. The minimum absolute atomic E-state index is 0.176. The van der Waals surface area contributed by atoms with Gasteiger partial charge in [-0.2, -0.15) is 5.10 Å². The topological polar surface area (TPSA) is 90.5 Å². The number of anilines is 1. The first kappa shape index (κ1) is 15.9. The summed E-state index contributed by atoms with van der Waals surface area (Å²) in [5.74, 6) is -0.176. The molecule has 0 saturated heterocycles. The number of amides is 1. The van der Waals surface area contributed by atoms with Gasteiger partial charge in [0.2, 0.25) is 5.91 Å². The molecule has 8 nitrogen and oxygen atoms in total. The van der Waals surface area contributed by atoms with E-state index in [9.17, 15) is 4.79 Å². The SMILES string of the molecule is Cc1nn(C)c(C)c1NC(=O)C(Cc1ccccc1)n1cnnn1. The van der Waals surface area contributed by atoms with Gasteiger partial charge in [0.15, 0.2) is 0 Å². The quantitative estimate of drug-likeness (QED) is 0.766. The van der Waals surface area contributed by atoms with Crippen LogP contribution in [0.1, 0.15) is 23.0 Å². The molecule has 0 aliphatic carbocycles. The van der Waals surface area contributed by atoms with Crippen LogP contribution in [0.2, 0.25) is 0 Å². The van der Waals surface area contributed by atoms with E-state index >= 15 is 0 Å². The highest BCUT2D eigenvalue weighted by Gasteiger charge is 2.24. The first-order chi connectivity index (χ1) is 11.6. The van der Waals surface area contributed by atoms with E-state index in [1.54, 1.807) is 4.68 Å². The lowest BCUT2D eigenvalue weighted by Crippen LogP contribution is -2.28. The van der Waals surface area contributed by atoms with Gasteiger partial charge in [-0.05, 0) is 29.8 Å². The van der Waals surface area contributed by atoms with E-state index < -0.39 is 6.04 Å². The van der Waals surface area contributed by atoms with Crippen LogP contribution >= 0.6 is 0 Å². The number of carbonyl (C=O) groups is 1. The molecule has 24 heavy (non-hydrogen) atoms. The number of nitrogens with zero attached hydrogens (tertiary/aromatic N) is 6. The van der Waals surface area contributed by atoms with Crippen LogP contribution in [0.4, 0.5) is 5.69 Å². The first-order valence-electron chi connectivity index (χ1n) is 7.63. The predicted molar refractivity (Wildman–Crippen MR) is 88.3 cm³/mol. The molecule has 1 aromatic carbocycles. The van der Waals surface area contributed by atoms with Crippen molar-refractivity contribution < 1.29 is 4.79 Å². The molecule has 1 atom stereocenters. The number of tetrazole rings is 1. The fourth-order valence-electron chi connectivity index (χ4n) is 2.62. The Morgan fingerprint density at radius 3 is 2.58 bits per heavy atom. The second-order valence-electron chi connectivity index (χ2n) is 5.65. The van der Waals surface area contributed by atoms with E-state index in [2.05, 4.69) is 25.9 Å². The minimum atomic E-state index is -0.540. The molecule has 0 aliphatic heterocycles. The molecule has 0 saturated carbocycles. The van der Waals surface area contributed by atoms with E-state index in [0.29, 0.717) is 6.42 Å². The summed E-state index contributed by atoms with van der Waals surface area (Å²) in [5, 5.41) is 18.5. The van der Waals surface area contributed by atoms with Crippen LogP contribution in [0.5, 0.6) is 0 Å². The van der Waals surface area contributed by atoms with Crippen molar-refractivity contribution in [3.05, 3.63) is 53.6 Å². The third-order valence-electron chi connectivity index (χ3n) is 4.02. The van der Waals surface area contributed by atoms with Gasteiger partial charge in [-0.3, -0.25) is 9.48 Å². The van der Waals surface area contributed by atoms with Crippen LogP contribution in [0.3, 0.4) is 0 Å². The highest BCUT2D eigenvalue weighted by molar-refractivity contribution is 5.94. The lowest BCUT2D eigenvalue weighted by molar-refractivity contribution is -0.119. The van der Waals surface area contributed by atoms with Gasteiger partial charge in [0.05, 0.1) is 17.1 Å². The number of rotatable bonds is 5. The largest absolute Gasteiger partial charge is 0.321 e. The Hall–Kier alpha value is -3.03. The molecule has 2 heterocycles. The average Bonchev–Trinajstić information content (AvgIpc) is 3.18. The van der Waals surface area contributed by atoms with E-state index in [0.717, 1.165) is 22.6 Å². The molecule has 1 amide bonds. The first-order valence-corrected chi connectivity index (χ1v) is 7.63. The third-order valence-corrected chi connectivity index (χ3v) is 4.02. The van der Waals surface area contributed by atoms with Gasteiger partial charge in [-0.15, -0.1) is 5.10 Å². The van der Waals surface area contributed by atoms with Crippen LogP contribution in [-0.2, 0) is 18.3 Å². The number of hydrogen-bond acceptors (Lipinski definition) is 5. The molecule has 2 aromatic heterocycles. The van der Waals surface area contributed by atoms with Crippen molar-refractivity contribution in [1.29, 1.82) is 0 Å². The van der Waals surface area contributed by atoms with E-state index in [1.807, 2.05) is 51.2 Å². The number of aromatic nitrogens is 6. The lowest BCUT2D eigenvalue weighted by atomic mass is 10.1. The smallest absolute Gasteiger partial charge is 0.249 e. The Kier molecular flexibility index (Phi) is 4.37. The fourth-order valence-corrected chi connectivity index (χ4v) is 2.62. The van der Waals surface area contributed by atoms with Gasteiger partial charge >= 0.3 is 0 Å². The number of nitrogens with one attached hydrogen (secondary N) is 1. The van der Waals surface area contributed by atoms with Gasteiger partial charge in [0, 0.05) is 13.5 Å². The summed E-state index contributed by atoms with van der Waals surface area (Å²) in [4.78, 5) is 12.9. The summed E-state index contributed by atoms with van der Waals surface area (Å²) >= 11 is 0. The number of benzene rings is 1. The van der Waals surface area contributed by atoms with Crippen LogP contribution < -0.4 is 5.32 Å². The van der Waals surface area contributed by atoms with Crippen molar-refractivity contribution in [2.45, 2.75) is 26.3 Å². The van der Waals surface area contributed by atoms with Crippen molar-refractivity contribution in [2.24, 2.45) is 7.05 Å². The second kappa shape index (κ2) is 6.61. The zero-order valence-corrected chi connectivity index (χ0v) is 13.8. The van der Waals surface area contributed by atoms with E-state index in [4.69, 9.17) is 0 Å². The molecule has 0 bridgehead atoms. The Bertz CT molecular complexity index is 824. The normalized spacial score (nSPS) is 12.1. The Balaban J connectivity index is 1.86. The highest BCUT2D eigenvalue weighted by Crippen LogP contribution is 2.21. The van der Waals surface area contributed by atoms with E-state index in [1.165, 1.54) is 11.0 Å². The fraction of sp³-hybridized carbons (Fsp3) is 0.312. The van der Waals surface area contributed by atoms with Crippen LogP contribution in [-0.4, -0.2) is 35.9 Å². The van der Waals surface area contributed by atoms with Gasteiger partial charge in [0.25, 0.3) is 0 Å². The molecule has 3 aromatic rings. The Morgan fingerprint density at radius 1 is 1.25 bits per heavy atom. The maximum Gasteiger partial charge on any atom is 0.249 e. The zero-order chi connectivity index (χ0) is 17.1. The molecular formula is C16H19N7O. The average molecular weight is 325 g/mol. The molecule has 1 unspecified atom stereocenters. The summed E-state index contributed by atoms with van der Waals surface area (Å²) in [6, 6.07) is 9.24. The van der Waals surface area contributed by atoms with E-state index in [-0.39, 0.29) is 5.91 Å². The van der Waals surface area contributed by atoms with Gasteiger partial charge in [0.1, 0.15) is 12.4 Å². The standard InChI is InChI=1S/C16H19N7O/c1-11-15(12(2)22(3)19-11)18-16(24)14(23-10-17-20-21-23)9-13-7-5-4-6-8-13/h4-8,10,14H,9H2,1-3H3,(H,18,24). The highest BCUT2D eigenvalue weighted by atomic mass is 16.2. The molecule has 8 heteroatoms. The van der Waals surface area contributed by atoms with Crippen LogP contribution in [0.15, 0.2) is 36.7 Å². The summed E-state index contributed by atoms with van der Waals surface area (Å²) in [5.41, 5.74) is 3.44. The van der Waals surface area contributed by atoms with Gasteiger partial charge in [-0.25, -0.2) is 4.68 Å². The molecule has 3 rings (SSSR count). The summed E-state index contributed by atoms with van der Waals surface area (Å²) in [6.45, 7) is 3.78. The van der Waals surface area contributed by atoms with Gasteiger partial charge < -0.3 is 5.32 Å². The molecule has 0 fully saturated rings. The van der Waals surface area contributed by atoms with Crippen molar-refractivity contribution >= 4 is 11.6 Å². The molecular weight excluding hydrogens is 306 g/mol. The monoisotopic (exact) mass is 325 g/mol. The minimum Gasteiger partial charge on any atom is -0.321 e. The van der Waals surface area contributed by atoms with Crippen molar-refractivity contribution in [1.82, 2.24) is 30.0 Å². The molecule has 0 aliphatic rings. The third kappa shape index (κ3) is 3.17. The van der Waals surface area contributed by atoms with Gasteiger partial charge in [-0.1, -0.05) is 30.3 Å². The summed E-state index contributed by atoms with van der Waals surface area (Å²) in [7, 11) is 1.85. The van der Waals surface area contributed by atoms with Crippen LogP contribution in [0, 0.1) is 13.8 Å². The molecule has 0 spiro atoms. The second-order valence-corrected chi connectivity index (χ2v) is 5.65. The molecule has 0 radical (unpaired) electrons. The number of hydrogen-bond donors (Lipinski definition) is 1. The summed E-state index contributed by atoms with van der Waals surface area (Å²) < 4.78 is 3.22. The van der Waals surface area contributed by atoms with Crippen molar-refractivity contribution in [2.75, 3.05) is 5.32 Å². The van der Waals surface area contributed by atoms with Crippen molar-refractivity contribution in [3.8, 4) is 0 Å². The predicted octanol–water partition coefficient (Wildman–Crippen LogP) is 1.45. The molecule has 124 valence electrons. The zero-order valence-electron chi connectivity index (χ0n) is 13.8. The summed E-state index contributed by atoms with van der Waals surface area (Å²) in [6.07, 6.45) is 1.95. The van der Waals surface area contributed by atoms with Crippen LogP contribution in [0.25, 0.3) is 0 Å². The number of aryl methyl sites for hydroxylation is 2. The lowest BCUT2D eigenvalue weighted by Gasteiger charge is -2.16. The van der Waals surface area contributed by atoms with Crippen molar-refractivity contribution in [3.63, 3.8) is 0 Å². The number of carbonyl (C=O) groups excluding carboxylic acids is 1. The maximum atomic E-state index is 12.9. The maximum absolute atomic E-state index is 12.9. The Labute approximate surface area is 139 Å². The molecule has 1 N–H and O–H groups in total.